The number of carbonyl (C=O) groups is 1. The number of ether oxygens (including phenoxy) is 3. The zero-order chi connectivity index (χ0) is 20.7. The first-order valence-electron chi connectivity index (χ1n) is 9.17. The molecule has 0 aliphatic heterocycles. The Labute approximate surface area is 166 Å². The second-order valence-corrected chi connectivity index (χ2v) is 6.78. The van der Waals surface area contributed by atoms with Gasteiger partial charge in [-0.2, -0.15) is 5.10 Å². The van der Waals surface area contributed by atoms with Crippen molar-refractivity contribution >= 4 is 12.1 Å². The Balaban J connectivity index is 2.03. The van der Waals surface area contributed by atoms with Crippen LogP contribution in [0, 0.1) is 6.92 Å². The van der Waals surface area contributed by atoms with Crippen LogP contribution in [0.3, 0.4) is 0 Å². The van der Waals surface area contributed by atoms with Gasteiger partial charge in [0.05, 0.1) is 20.4 Å². The number of hydrazone groups is 1. The maximum atomic E-state index is 12.3. The molecular formula is C22H28N2O4. The van der Waals surface area contributed by atoms with E-state index < -0.39 is 6.10 Å². The summed E-state index contributed by atoms with van der Waals surface area (Å²) in [5.41, 5.74) is 5.34. The average Bonchev–Trinajstić information content (AvgIpc) is 2.69. The van der Waals surface area contributed by atoms with E-state index in [0.29, 0.717) is 28.7 Å². The fourth-order valence-corrected chi connectivity index (χ4v) is 2.54. The second-order valence-electron chi connectivity index (χ2n) is 6.78. The van der Waals surface area contributed by atoms with Gasteiger partial charge < -0.3 is 14.2 Å². The van der Waals surface area contributed by atoms with E-state index in [-0.39, 0.29) is 5.91 Å². The zero-order valence-corrected chi connectivity index (χ0v) is 17.3. The van der Waals surface area contributed by atoms with Crippen LogP contribution >= 0.6 is 0 Å². The van der Waals surface area contributed by atoms with Crippen molar-refractivity contribution in [2.45, 2.75) is 39.7 Å². The van der Waals surface area contributed by atoms with Crippen molar-refractivity contribution in [1.82, 2.24) is 5.43 Å². The molecule has 0 heterocycles. The lowest BCUT2D eigenvalue weighted by Gasteiger charge is -2.17. The molecule has 0 fully saturated rings. The minimum atomic E-state index is -0.689. The number of nitrogens with one attached hydrogen (secondary N) is 1. The van der Waals surface area contributed by atoms with Crippen molar-refractivity contribution in [2.24, 2.45) is 5.10 Å². The molecule has 0 saturated carbocycles. The van der Waals surface area contributed by atoms with Gasteiger partial charge in [-0.05, 0) is 55.2 Å². The van der Waals surface area contributed by atoms with Crippen molar-refractivity contribution in [1.29, 1.82) is 0 Å². The second kappa shape index (κ2) is 9.78. The summed E-state index contributed by atoms with van der Waals surface area (Å²) in [5.74, 6) is 2.05. The third kappa shape index (κ3) is 5.49. The predicted molar refractivity (Wildman–Crippen MR) is 111 cm³/mol. The molecule has 28 heavy (non-hydrogen) atoms. The zero-order valence-electron chi connectivity index (χ0n) is 17.3. The average molecular weight is 384 g/mol. The number of aryl methyl sites for hydroxylation is 1. The van der Waals surface area contributed by atoms with Crippen LogP contribution in [0.4, 0.5) is 0 Å². The molecule has 0 spiro atoms. The van der Waals surface area contributed by atoms with E-state index in [4.69, 9.17) is 14.2 Å². The highest BCUT2D eigenvalue weighted by Crippen LogP contribution is 2.25. The lowest BCUT2D eigenvalue weighted by Crippen LogP contribution is -2.33. The summed E-state index contributed by atoms with van der Waals surface area (Å²) in [6, 6.07) is 11.4. The van der Waals surface area contributed by atoms with E-state index in [1.807, 2.05) is 19.1 Å². The van der Waals surface area contributed by atoms with Crippen LogP contribution in [-0.4, -0.2) is 32.4 Å². The highest BCUT2D eigenvalue weighted by Gasteiger charge is 2.16. The molecule has 2 aromatic rings. The summed E-state index contributed by atoms with van der Waals surface area (Å²) in [6.07, 6.45) is 0.821. The Hall–Kier alpha value is -3.02. The first kappa shape index (κ1) is 21.3. The Morgan fingerprint density at radius 2 is 1.79 bits per heavy atom. The molecule has 0 saturated heterocycles. The highest BCUT2D eigenvalue weighted by atomic mass is 16.5. The molecule has 0 bridgehead atoms. The fraction of sp³-hybridized carbons (Fsp3) is 0.364. The third-order valence-corrected chi connectivity index (χ3v) is 4.37. The number of rotatable bonds is 8. The summed E-state index contributed by atoms with van der Waals surface area (Å²) < 4.78 is 16.3. The number of methoxy groups -OCH3 is 2. The Bertz CT molecular complexity index is 846. The molecule has 150 valence electrons. The van der Waals surface area contributed by atoms with Gasteiger partial charge in [0.2, 0.25) is 0 Å². The topological polar surface area (TPSA) is 69.2 Å². The number of hydrogen-bond donors (Lipinski definition) is 1. The van der Waals surface area contributed by atoms with Gasteiger partial charge in [0.25, 0.3) is 5.91 Å². The van der Waals surface area contributed by atoms with Crippen molar-refractivity contribution in [3.63, 3.8) is 0 Å². The van der Waals surface area contributed by atoms with Crippen molar-refractivity contribution in [2.75, 3.05) is 14.2 Å². The molecule has 0 radical (unpaired) electrons. The van der Waals surface area contributed by atoms with E-state index in [1.54, 1.807) is 39.3 Å². The number of carbonyl (C=O) groups excluding carboxylic acids is 1. The molecule has 6 nitrogen and oxygen atoms in total. The SMILES string of the molecule is COc1ccc(OC)c(/C=N\NC(=O)C(C)Oc2cc(C(C)C)ccc2C)c1. The van der Waals surface area contributed by atoms with Gasteiger partial charge in [0.15, 0.2) is 6.10 Å². The number of hydrogen-bond acceptors (Lipinski definition) is 5. The third-order valence-electron chi connectivity index (χ3n) is 4.37. The van der Waals surface area contributed by atoms with Crippen LogP contribution in [0.25, 0.3) is 0 Å². The molecular weight excluding hydrogens is 356 g/mol. The summed E-state index contributed by atoms with van der Waals surface area (Å²) in [6.45, 7) is 7.88. The molecule has 0 aromatic heterocycles. The monoisotopic (exact) mass is 384 g/mol. The number of benzene rings is 2. The van der Waals surface area contributed by atoms with E-state index >= 15 is 0 Å². The van der Waals surface area contributed by atoms with Gasteiger partial charge in [-0.1, -0.05) is 26.0 Å². The molecule has 1 amide bonds. The van der Waals surface area contributed by atoms with Crippen LogP contribution < -0.4 is 19.6 Å². The smallest absolute Gasteiger partial charge is 0.280 e. The van der Waals surface area contributed by atoms with Gasteiger partial charge in [-0.15, -0.1) is 0 Å². The van der Waals surface area contributed by atoms with Crippen molar-refractivity contribution in [3.05, 3.63) is 53.1 Å². The lowest BCUT2D eigenvalue weighted by atomic mass is 10.0. The Kier molecular flexibility index (Phi) is 7.44. The van der Waals surface area contributed by atoms with Gasteiger partial charge in [-0.25, -0.2) is 5.43 Å². The largest absolute Gasteiger partial charge is 0.497 e. The molecule has 2 aromatic carbocycles. The molecule has 1 atom stereocenters. The maximum Gasteiger partial charge on any atom is 0.280 e. The van der Waals surface area contributed by atoms with Gasteiger partial charge in [0.1, 0.15) is 17.2 Å². The normalized spacial score (nSPS) is 12.1. The van der Waals surface area contributed by atoms with Crippen LogP contribution in [0.2, 0.25) is 0 Å². The Morgan fingerprint density at radius 1 is 1.04 bits per heavy atom. The van der Waals surface area contributed by atoms with Gasteiger partial charge in [-0.3, -0.25) is 4.79 Å². The van der Waals surface area contributed by atoms with Gasteiger partial charge in [0, 0.05) is 5.56 Å². The molecule has 0 aliphatic carbocycles. The number of nitrogens with zero attached hydrogens (tertiary/aromatic N) is 1. The van der Waals surface area contributed by atoms with Crippen molar-refractivity contribution in [3.8, 4) is 17.2 Å². The molecule has 2 rings (SSSR count). The molecule has 1 unspecified atom stereocenters. The highest BCUT2D eigenvalue weighted by molar-refractivity contribution is 5.86. The predicted octanol–water partition coefficient (Wildman–Crippen LogP) is 4.05. The van der Waals surface area contributed by atoms with E-state index in [1.165, 1.54) is 6.21 Å². The molecule has 6 heteroatoms. The molecule has 0 aliphatic rings. The fourth-order valence-electron chi connectivity index (χ4n) is 2.54. The van der Waals surface area contributed by atoms with Crippen LogP contribution in [0.15, 0.2) is 41.5 Å². The summed E-state index contributed by atoms with van der Waals surface area (Å²) in [4.78, 5) is 12.3. The standard InChI is InChI=1S/C22H28N2O4/c1-14(2)17-8-7-15(3)21(12-17)28-16(4)22(25)24-23-13-18-11-19(26-5)9-10-20(18)27-6/h7-14,16H,1-6H3,(H,24,25)/b23-13-. The summed E-state index contributed by atoms with van der Waals surface area (Å²) in [7, 11) is 3.15. The van der Waals surface area contributed by atoms with E-state index in [0.717, 1.165) is 11.1 Å². The quantitative estimate of drug-likeness (QED) is 0.551. The first-order valence-corrected chi connectivity index (χ1v) is 9.17. The lowest BCUT2D eigenvalue weighted by molar-refractivity contribution is -0.127. The first-order chi connectivity index (χ1) is 13.3. The summed E-state index contributed by atoms with van der Waals surface area (Å²) in [5, 5.41) is 4.02. The summed E-state index contributed by atoms with van der Waals surface area (Å²) >= 11 is 0. The Morgan fingerprint density at radius 3 is 2.43 bits per heavy atom. The maximum absolute atomic E-state index is 12.3. The van der Waals surface area contributed by atoms with Crippen molar-refractivity contribution < 1.29 is 19.0 Å². The molecule has 1 N–H and O–H groups in total. The minimum Gasteiger partial charge on any atom is -0.497 e. The van der Waals surface area contributed by atoms with E-state index in [9.17, 15) is 4.79 Å². The van der Waals surface area contributed by atoms with Gasteiger partial charge >= 0.3 is 0 Å². The van der Waals surface area contributed by atoms with Crippen LogP contribution in [0.5, 0.6) is 17.2 Å². The minimum absolute atomic E-state index is 0.340. The van der Waals surface area contributed by atoms with E-state index in [2.05, 4.69) is 30.4 Å². The number of amides is 1. The van der Waals surface area contributed by atoms with Crippen LogP contribution in [-0.2, 0) is 4.79 Å². The van der Waals surface area contributed by atoms with Crippen LogP contribution in [0.1, 0.15) is 43.4 Å².